The molecule has 0 aliphatic carbocycles. The SMILES string of the molecule is O=C(CC[C@@H]1CCCO1)Nc1cccc(Oc2ccncc2)c1. The van der Waals surface area contributed by atoms with E-state index in [-0.39, 0.29) is 12.0 Å². The van der Waals surface area contributed by atoms with Gasteiger partial charge in [-0.2, -0.15) is 0 Å². The molecule has 1 saturated heterocycles. The van der Waals surface area contributed by atoms with E-state index >= 15 is 0 Å². The summed E-state index contributed by atoms with van der Waals surface area (Å²) in [5.41, 5.74) is 0.730. The van der Waals surface area contributed by atoms with Gasteiger partial charge in [-0.1, -0.05) is 6.07 Å². The molecular formula is C18H20N2O3. The normalized spacial score (nSPS) is 17.0. The van der Waals surface area contributed by atoms with Gasteiger partial charge in [0.2, 0.25) is 5.91 Å². The van der Waals surface area contributed by atoms with Crippen LogP contribution in [0.1, 0.15) is 25.7 Å². The molecule has 1 amide bonds. The van der Waals surface area contributed by atoms with Crippen LogP contribution < -0.4 is 10.1 Å². The maximum Gasteiger partial charge on any atom is 0.224 e. The molecule has 1 aromatic carbocycles. The number of anilines is 1. The number of aromatic nitrogens is 1. The Morgan fingerprint density at radius 2 is 2.13 bits per heavy atom. The molecule has 1 aliphatic heterocycles. The van der Waals surface area contributed by atoms with Gasteiger partial charge < -0.3 is 14.8 Å². The minimum atomic E-state index is 0.00145. The number of nitrogens with one attached hydrogen (secondary N) is 1. The molecule has 1 N–H and O–H groups in total. The van der Waals surface area contributed by atoms with Crippen molar-refractivity contribution in [2.75, 3.05) is 11.9 Å². The highest BCUT2D eigenvalue weighted by Crippen LogP contribution is 2.24. The zero-order chi connectivity index (χ0) is 15.9. The number of amides is 1. The van der Waals surface area contributed by atoms with Crippen LogP contribution in [0.3, 0.4) is 0 Å². The second kappa shape index (κ2) is 7.74. The van der Waals surface area contributed by atoms with Crippen molar-refractivity contribution in [3.8, 4) is 11.5 Å². The topological polar surface area (TPSA) is 60.5 Å². The van der Waals surface area contributed by atoms with Gasteiger partial charge in [0.05, 0.1) is 6.10 Å². The van der Waals surface area contributed by atoms with Crippen LogP contribution >= 0.6 is 0 Å². The maximum atomic E-state index is 12.0. The highest BCUT2D eigenvalue weighted by atomic mass is 16.5. The Balaban J connectivity index is 1.53. The fourth-order valence-corrected chi connectivity index (χ4v) is 2.57. The summed E-state index contributed by atoms with van der Waals surface area (Å²) in [7, 11) is 0. The molecule has 5 heteroatoms. The van der Waals surface area contributed by atoms with Crippen LogP contribution in [-0.2, 0) is 9.53 Å². The summed E-state index contributed by atoms with van der Waals surface area (Å²) in [6, 6.07) is 10.9. The van der Waals surface area contributed by atoms with Crippen molar-refractivity contribution in [1.82, 2.24) is 4.98 Å². The number of carbonyl (C=O) groups excluding carboxylic acids is 1. The van der Waals surface area contributed by atoms with Gasteiger partial charge in [-0.3, -0.25) is 9.78 Å². The summed E-state index contributed by atoms with van der Waals surface area (Å²) < 4.78 is 11.3. The van der Waals surface area contributed by atoms with E-state index in [4.69, 9.17) is 9.47 Å². The highest BCUT2D eigenvalue weighted by molar-refractivity contribution is 5.90. The Hall–Kier alpha value is -2.40. The quantitative estimate of drug-likeness (QED) is 0.882. The lowest BCUT2D eigenvalue weighted by Gasteiger charge is -2.10. The summed E-state index contributed by atoms with van der Waals surface area (Å²) in [4.78, 5) is 16.0. The van der Waals surface area contributed by atoms with E-state index in [2.05, 4.69) is 10.3 Å². The molecule has 0 radical (unpaired) electrons. The molecule has 1 aliphatic rings. The van der Waals surface area contributed by atoms with Gasteiger partial charge in [-0.05, 0) is 43.5 Å². The van der Waals surface area contributed by atoms with Crippen molar-refractivity contribution >= 4 is 11.6 Å². The van der Waals surface area contributed by atoms with Gasteiger partial charge in [-0.25, -0.2) is 0 Å². The Bertz CT molecular complexity index is 640. The van der Waals surface area contributed by atoms with Gasteiger partial charge in [0, 0.05) is 37.2 Å². The van der Waals surface area contributed by atoms with E-state index in [1.54, 1.807) is 24.5 Å². The molecular weight excluding hydrogens is 292 g/mol. The molecule has 23 heavy (non-hydrogen) atoms. The average molecular weight is 312 g/mol. The van der Waals surface area contributed by atoms with E-state index in [9.17, 15) is 4.79 Å². The fraction of sp³-hybridized carbons (Fsp3) is 0.333. The second-order valence-corrected chi connectivity index (χ2v) is 5.53. The first-order chi connectivity index (χ1) is 11.3. The number of carbonyl (C=O) groups is 1. The zero-order valence-corrected chi connectivity index (χ0v) is 12.9. The van der Waals surface area contributed by atoms with E-state index in [1.807, 2.05) is 24.3 Å². The number of hydrogen-bond acceptors (Lipinski definition) is 4. The smallest absolute Gasteiger partial charge is 0.224 e. The predicted molar refractivity (Wildman–Crippen MR) is 87.6 cm³/mol. The summed E-state index contributed by atoms with van der Waals surface area (Å²) in [6.45, 7) is 0.820. The number of nitrogens with zero attached hydrogens (tertiary/aromatic N) is 1. The Kier molecular flexibility index (Phi) is 5.21. The van der Waals surface area contributed by atoms with Crippen LogP contribution in [-0.4, -0.2) is 23.6 Å². The molecule has 5 nitrogen and oxygen atoms in total. The Labute approximate surface area is 135 Å². The first kappa shape index (κ1) is 15.5. The van der Waals surface area contributed by atoms with Crippen molar-refractivity contribution in [2.24, 2.45) is 0 Å². The first-order valence-electron chi connectivity index (χ1n) is 7.89. The van der Waals surface area contributed by atoms with E-state index in [1.165, 1.54) is 0 Å². The van der Waals surface area contributed by atoms with Crippen molar-refractivity contribution in [3.05, 3.63) is 48.8 Å². The average Bonchev–Trinajstić information content (AvgIpc) is 3.08. The molecule has 2 heterocycles. The van der Waals surface area contributed by atoms with Crippen molar-refractivity contribution < 1.29 is 14.3 Å². The lowest BCUT2D eigenvalue weighted by Crippen LogP contribution is -2.15. The maximum absolute atomic E-state index is 12.0. The summed E-state index contributed by atoms with van der Waals surface area (Å²) >= 11 is 0. The molecule has 2 aromatic rings. The zero-order valence-electron chi connectivity index (χ0n) is 12.9. The Morgan fingerprint density at radius 1 is 1.26 bits per heavy atom. The first-order valence-corrected chi connectivity index (χ1v) is 7.89. The molecule has 3 rings (SSSR count). The standard InChI is InChI=1S/C18H20N2O3/c21-18(7-6-15-5-2-12-22-15)20-14-3-1-4-17(13-14)23-16-8-10-19-11-9-16/h1,3-4,8-11,13,15H,2,5-7,12H2,(H,20,21)/t15-/m0/s1. The molecule has 120 valence electrons. The second-order valence-electron chi connectivity index (χ2n) is 5.53. The molecule has 0 saturated carbocycles. The monoisotopic (exact) mass is 312 g/mol. The molecule has 1 aromatic heterocycles. The Morgan fingerprint density at radius 3 is 2.91 bits per heavy atom. The minimum Gasteiger partial charge on any atom is -0.457 e. The number of ether oxygens (including phenoxy) is 2. The van der Waals surface area contributed by atoms with Crippen LogP contribution in [0, 0.1) is 0 Å². The van der Waals surface area contributed by atoms with Crippen LogP contribution in [0.15, 0.2) is 48.8 Å². The third-order valence-electron chi connectivity index (χ3n) is 3.72. The summed E-state index contributed by atoms with van der Waals surface area (Å²) in [5, 5.41) is 2.91. The predicted octanol–water partition coefficient (Wildman–Crippen LogP) is 3.77. The number of pyridine rings is 1. The lowest BCUT2D eigenvalue weighted by atomic mass is 10.1. The van der Waals surface area contributed by atoms with E-state index in [0.29, 0.717) is 17.9 Å². The number of rotatable bonds is 6. The lowest BCUT2D eigenvalue weighted by molar-refractivity contribution is -0.116. The fourth-order valence-electron chi connectivity index (χ4n) is 2.57. The number of benzene rings is 1. The van der Waals surface area contributed by atoms with Crippen molar-refractivity contribution in [2.45, 2.75) is 31.8 Å². The minimum absolute atomic E-state index is 0.00145. The molecule has 1 fully saturated rings. The van der Waals surface area contributed by atoms with E-state index < -0.39 is 0 Å². The highest BCUT2D eigenvalue weighted by Gasteiger charge is 2.16. The van der Waals surface area contributed by atoms with Crippen LogP contribution in [0.2, 0.25) is 0 Å². The summed E-state index contributed by atoms with van der Waals surface area (Å²) in [5.74, 6) is 1.39. The van der Waals surface area contributed by atoms with E-state index in [0.717, 1.165) is 31.6 Å². The van der Waals surface area contributed by atoms with Gasteiger partial charge in [0.25, 0.3) is 0 Å². The largest absolute Gasteiger partial charge is 0.457 e. The molecule has 0 spiro atoms. The third kappa shape index (κ3) is 4.79. The molecule has 0 unspecified atom stereocenters. The molecule has 0 bridgehead atoms. The number of hydrogen-bond donors (Lipinski definition) is 1. The van der Waals surface area contributed by atoms with Crippen molar-refractivity contribution in [1.29, 1.82) is 0 Å². The van der Waals surface area contributed by atoms with Crippen LogP contribution in [0.25, 0.3) is 0 Å². The van der Waals surface area contributed by atoms with Gasteiger partial charge in [0.1, 0.15) is 11.5 Å². The molecule has 1 atom stereocenters. The third-order valence-corrected chi connectivity index (χ3v) is 3.72. The van der Waals surface area contributed by atoms with Crippen LogP contribution in [0.4, 0.5) is 5.69 Å². The van der Waals surface area contributed by atoms with Crippen LogP contribution in [0.5, 0.6) is 11.5 Å². The summed E-state index contributed by atoms with van der Waals surface area (Å²) in [6.07, 6.45) is 6.99. The van der Waals surface area contributed by atoms with Gasteiger partial charge in [0.15, 0.2) is 0 Å². The van der Waals surface area contributed by atoms with Crippen molar-refractivity contribution in [3.63, 3.8) is 0 Å². The van der Waals surface area contributed by atoms with Gasteiger partial charge in [-0.15, -0.1) is 0 Å². The van der Waals surface area contributed by atoms with Gasteiger partial charge >= 0.3 is 0 Å².